The van der Waals surface area contributed by atoms with Crippen molar-refractivity contribution < 1.29 is 14.4 Å². The van der Waals surface area contributed by atoms with Gasteiger partial charge in [-0.2, -0.15) is 0 Å². The molecule has 0 spiro atoms. The van der Waals surface area contributed by atoms with Crippen molar-refractivity contribution >= 4 is 39.0 Å². The summed E-state index contributed by atoms with van der Waals surface area (Å²) < 4.78 is 1.12. The summed E-state index contributed by atoms with van der Waals surface area (Å²) in [6, 6.07) is 6.28. The molecule has 1 fully saturated rings. The highest BCUT2D eigenvalue weighted by atomic mass is 32.1. The molecule has 2 atom stereocenters. The number of ketones is 2. The Hall–Kier alpha value is -2.34. The van der Waals surface area contributed by atoms with E-state index in [1.807, 2.05) is 13.0 Å². The molecule has 1 aliphatic rings. The lowest BCUT2D eigenvalue weighted by Gasteiger charge is -2.28. The number of Topliss-reactive ketones (excluding diaryl/α,β-unsaturated/α-hetero) is 1. The molecular formula is C30H42N2O3S. The maximum Gasteiger partial charge on any atom is 0.224 e. The van der Waals surface area contributed by atoms with Crippen LogP contribution in [-0.4, -0.2) is 28.5 Å². The van der Waals surface area contributed by atoms with Crippen molar-refractivity contribution in [1.82, 2.24) is 10.3 Å². The Kier molecular flexibility index (Phi) is 10.8. The lowest BCUT2D eigenvalue weighted by Crippen LogP contribution is -2.41. The first-order valence-corrected chi connectivity index (χ1v) is 14.5. The molecule has 1 aliphatic carbocycles. The quantitative estimate of drug-likeness (QED) is 0.279. The first-order chi connectivity index (χ1) is 17.3. The average Bonchev–Trinajstić information content (AvgIpc) is 3.28. The number of amides is 1. The Balaban J connectivity index is 1.75. The zero-order chi connectivity index (χ0) is 26.1. The van der Waals surface area contributed by atoms with Gasteiger partial charge in [0.25, 0.3) is 0 Å². The molecule has 3 rings (SSSR count). The number of rotatable bonds is 14. The van der Waals surface area contributed by atoms with Crippen molar-refractivity contribution in [1.29, 1.82) is 0 Å². The molecule has 6 heteroatoms. The number of benzene rings is 1. The number of carbonyl (C=O) groups excluding carboxylic acids is 3. The lowest BCUT2D eigenvalue weighted by atomic mass is 9.83. The summed E-state index contributed by atoms with van der Waals surface area (Å²) in [6.07, 6.45) is 10.5. The summed E-state index contributed by atoms with van der Waals surface area (Å²) in [7, 11) is 0. The van der Waals surface area contributed by atoms with Gasteiger partial charge < -0.3 is 5.32 Å². The number of hydrogen-bond donors (Lipinski definition) is 1. The monoisotopic (exact) mass is 510 g/mol. The van der Waals surface area contributed by atoms with E-state index in [2.05, 4.69) is 37.9 Å². The molecule has 2 aromatic rings. The number of allylic oxidation sites excluding steroid dienone is 1. The smallest absolute Gasteiger partial charge is 0.224 e. The van der Waals surface area contributed by atoms with Crippen LogP contribution in [0.2, 0.25) is 0 Å². The van der Waals surface area contributed by atoms with Crippen LogP contribution in [0.15, 0.2) is 30.9 Å². The summed E-state index contributed by atoms with van der Waals surface area (Å²) in [5, 5.41) is 4.14. The molecule has 1 heterocycles. The molecule has 196 valence electrons. The maximum atomic E-state index is 13.5. The van der Waals surface area contributed by atoms with E-state index in [0.717, 1.165) is 21.6 Å². The van der Waals surface area contributed by atoms with E-state index in [1.165, 1.54) is 43.7 Å². The molecule has 1 amide bonds. The van der Waals surface area contributed by atoms with Gasteiger partial charge in [0, 0.05) is 31.7 Å². The minimum absolute atomic E-state index is 0.00541. The molecule has 0 saturated heterocycles. The third-order valence-corrected chi connectivity index (χ3v) is 8.48. The second-order valence-corrected chi connectivity index (χ2v) is 11.8. The van der Waals surface area contributed by atoms with E-state index in [1.54, 1.807) is 11.3 Å². The Morgan fingerprint density at radius 2 is 1.94 bits per heavy atom. The molecule has 1 aromatic carbocycles. The van der Waals surface area contributed by atoms with Crippen LogP contribution in [0.1, 0.15) is 101 Å². The SMILES string of the molecule is C=CC(=O)CC[C@H](CC1CCCCC1)NC(=O)[C@@H](CC(=O)CC)Cc1nc2ccc(C(C)C)cc2s1. The highest BCUT2D eigenvalue weighted by Crippen LogP contribution is 2.30. The van der Waals surface area contributed by atoms with Crippen LogP contribution in [0.3, 0.4) is 0 Å². The van der Waals surface area contributed by atoms with Crippen LogP contribution >= 0.6 is 11.3 Å². The molecular weight excluding hydrogens is 468 g/mol. The Bertz CT molecular complexity index is 1050. The predicted molar refractivity (Wildman–Crippen MR) is 148 cm³/mol. The number of aromatic nitrogens is 1. The molecule has 0 radical (unpaired) electrons. The van der Waals surface area contributed by atoms with Crippen LogP contribution in [0.25, 0.3) is 10.2 Å². The average molecular weight is 511 g/mol. The predicted octanol–water partition coefficient (Wildman–Crippen LogP) is 6.94. The summed E-state index contributed by atoms with van der Waals surface area (Å²) in [5.74, 6) is 0.569. The number of fused-ring (bicyclic) bond motifs is 1. The number of nitrogens with one attached hydrogen (secondary N) is 1. The van der Waals surface area contributed by atoms with Gasteiger partial charge in [0.05, 0.1) is 21.1 Å². The molecule has 0 aliphatic heterocycles. The fourth-order valence-corrected chi connectivity index (χ4v) is 6.23. The lowest BCUT2D eigenvalue weighted by molar-refractivity contribution is -0.130. The van der Waals surface area contributed by atoms with Gasteiger partial charge in [0.2, 0.25) is 5.91 Å². The van der Waals surface area contributed by atoms with Gasteiger partial charge in [-0.3, -0.25) is 14.4 Å². The molecule has 1 N–H and O–H groups in total. The second kappa shape index (κ2) is 13.8. The number of nitrogens with zero attached hydrogens (tertiary/aromatic N) is 1. The van der Waals surface area contributed by atoms with Crippen LogP contribution in [0, 0.1) is 11.8 Å². The minimum atomic E-state index is -0.452. The number of hydrogen-bond acceptors (Lipinski definition) is 5. The van der Waals surface area contributed by atoms with E-state index in [9.17, 15) is 14.4 Å². The summed E-state index contributed by atoms with van der Waals surface area (Å²) in [5.41, 5.74) is 2.21. The van der Waals surface area contributed by atoms with Crippen LogP contribution in [0.4, 0.5) is 0 Å². The van der Waals surface area contributed by atoms with E-state index >= 15 is 0 Å². The van der Waals surface area contributed by atoms with Crippen molar-refractivity contribution in [2.24, 2.45) is 11.8 Å². The van der Waals surface area contributed by atoms with Gasteiger partial charge in [0.1, 0.15) is 5.78 Å². The zero-order valence-corrected chi connectivity index (χ0v) is 23.0. The molecule has 1 saturated carbocycles. The summed E-state index contributed by atoms with van der Waals surface area (Å²) in [4.78, 5) is 42.7. The topological polar surface area (TPSA) is 76.1 Å². The van der Waals surface area contributed by atoms with Gasteiger partial charge in [-0.15, -0.1) is 11.3 Å². The zero-order valence-electron chi connectivity index (χ0n) is 22.2. The highest BCUT2D eigenvalue weighted by molar-refractivity contribution is 7.18. The Morgan fingerprint density at radius 1 is 1.19 bits per heavy atom. The Morgan fingerprint density at radius 3 is 2.61 bits per heavy atom. The number of carbonyl (C=O) groups is 3. The van der Waals surface area contributed by atoms with Crippen molar-refractivity contribution in [2.45, 2.75) is 103 Å². The number of thiazole rings is 1. The van der Waals surface area contributed by atoms with E-state index in [-0.39, 0.29) is 29.9 Å². The normalized spacial score (nSPS) is 16.1. The van der Waals surface area contributed by atoms with Crippen LogP contribution in [-0.2, 0) is 20.8 Å². The third-order valence-electron chi connectivity index (χ3n) is 7.44. The molecule has 5 nitrogen and oxygen atoms in total. The van der Waals surface area contributed by atoms with Crippen molar-refractivity contribution in [3.8, 4) is 0 Å². The summed E-state index contributed by atoms with van der Waals surface area (Å²) in [6.45, 7) is 9.77. The van der Waals surface area contributed by atoms with Crippen molar-refractivity contribution in [3.63, 3.8) is 0 Å². The largest absolute Gasteiger partial charge is 0.353 e. The molecule has 0 bridgehead atoms. The molecule has 0 unspecified atom stereocenters. The van der Waals surface area contributed by atoms with E-state index in [0.29, 0.717) is 37.5 Å². The first kappa shape index (κ1) is 28.2. The van der Waals surface area contributed by atoms with E-state index in [4.69, 9.17) is 4.98 Å². The Labute approximate surface area is 220 Å². The van der Waals surface area contributed by atoms with Gasteiger partial charge >= 0.3 is 0 Å². The van der Waals surface area contributed by atoms with Crippen molar-refractivity contribution in [2.75, 3.05) is 0 Å². The van der Waals surface area contributed by atoms with Gasteiger partial charge in [-0.1, -0.05) is 65.5 Å². The molecule has 1 aromatic heterocycles. The fraction of sp³-hybridized carbons (Fsp3) is 0.600. The minimum Gasteiger partial charge on any atom is -0.353 e. The fourth-order valence-electron chi connectivity index (χ4n) is 5.13. The van der Waals surface area contributed by atoms with Crippen molar-refractivity contribution in [3.05, 3.63) is 41.4 Å². The van der Waals surface area contributed by atoms with Gasteiger partial charge in [-0.05, 0) is 48.4 Å². The summed E-state index contributed by atoms with van der Waals surface area (Å²) >= 11 is 1.62. The maximum absolute atomic E-state index is 13.5. The standard InChI is InChI=1S/C30H42N2O3S/c1-5-25(33)14-13-24(16-21-10-8-7-9-11-21)31-30(35)23(17-26(34)6-2)19-29-32-27-15-12-22(20(3)4)18-28(27)36-29/h5,12,15,18,20-21,23-24H,1,6-11,13-14,16-17,19H2,2-4H3,(H,31,35)/t23-,24+/m0/s1. The van der Waals surface area contributed by atoms with Gasteiger partial charge in [0.15, 0.2) is 5.78 Å². The second-order valence-electron chi connectivity index (χ2n) is 10.6. The van der Waals surface area contributed by atoms with Gasteiger partial charge in [-0.25, -0.2) is 4.98 Å². The third kappa shape index (κ3) is 8.36. The van der Waals surface area contributed by atoms with Crippen LogP contribution in [0.5, 0.6) is 0 Å². The van der Waals surface area contributed by atoms with E-state index < -0.39 is 5.92 Å². The highest BCUT2D eigenvalue weighted by Gasteiger charge is 2.27. The first-order valence-electron chi connectivity index (χ1n) is 13.7. The molecule has 36 heavy (non-hydrogen) atoms. The van der Waals surface area contributed by atoms with Crippen LogP contribution < -0.4 is 5.32 Å².